The number of carbonyl (C=O) groups excluding carboxylic acids is 2. The molecule has 4 atom stereocenters. The molecule has 1 aliphatic heterocycles. The number of nitrogens with zero attached hydrogens (tertiary/aromatic N) is 3. The lowest BCUT2D eigenvalue weighted by Crippen LogP contribution is -2.38. The molecule has 1 saturated heterocycles. The molecule has 3 rings (SSSR count). The van der Waals surface area contributed by atoms with Crippen molar-refractivity contribution in [2.24, 2.45) is 0 Å². The number of carbonyl (C=O) groups is 2. The van der Waals surface area contributed by atoms with E-state index in [-0.39, 0.29) is 0 Å². The van der Waals surface area contributed by atoms with E-state index < -0.39 is 36.5 Å². The van der Waals surface area contributed by atoms with Gasteiger partial charge in [-0.05, 0) is 6.92 Å². The number of ether oxygens (including phenoxy) is 3. The molecule has 1 fully saturated rings. The minimum atomic E-state index is -0.811. The highest BCUT2D eigenvalue weighted by Crippen LogP contribution is 2.35. The Kier molecular flexibility index (Phi) is 4.33. The summed E-state index contributed by atoms with van der Waals surface area (Å²) in [6, 6.07) is 0. The highest BCUT2D eigenvalue weighted by Gasteiger charge is 2.48. The molecule has 0 spiro atoms. The third-order valence-corrected chi connectivity index (χ3v) is 3.98. The lowest BCUT2D eigenvalue weighted by atomic mass is 10.1. The van der Waals surface area contributed by atoms with Gasteiger partial charge in [0.15, 0.2) is 23.1 Å². The molecule has 9 nitrogen and oxygen atoms in total. The van der Waals surface area contributed by atoms with Crippen LogP contribution < -0.4 is 0 Å². The van der Waals surface area contributed by atoms with Gasteiger partial charge in [0.05, 0.1) is 18.8 Å². The maximum atomic E-state index is 11.5. The number of nitrogens with one attached hydrogen (secondary N) is 1. The average Bonchev–Trinajstić information content (AvgIpc) is 3.03. The molecule has 24 heavy (non-hydrogen) atoms. The summed E-state index contributed by atoms with van der Waals surface area (Å²) in [5.74, 6) is -0.980. The monoisotopic (exact) mass is 352 g/mol. The van der Waals surface area contributed by atoms with Crippen molar-refractivity contribution in [1.82, 2.24) is 19.5 Å². The second kappa shape index (κ2) is 6.29. The van der Waals surface area contributed by atoms with Crippen molar-refractivity contribution in [3.8, 4) is 0 Å². The van der Waals surface area contributed by atoms with Gasteiger partial charge >= 0.3 is 11.9 Å². The fourth-order valence-electron chi connectivity index (χ4n) is 2.77. The highest BCUT2D eigenvalue weighted by atomic mass is 32.1. The van der Waals surface area contributed by atoms with E-state index in [0.29, 0.717) is 15.8 Å². The number of H-pyrrole nitrogens is 1. The summed E-state index contributed by atoms with van der Waals surface area (Å²) >= 11 is 5.14. The van der Waals surface area contributed by atoms with Gasteiger partial charge < -0.3 is 19.2 Å². The van der Waals surface area contributed by atoms with Gasteiger partial charge in [0.2, 0.25) is 0 Å². The van der Waals surface area contributed by atoms with Crippen LogP contribution in [-0.2, 0) is 23.8 Å². The third-order valence-electron chi connectivity index (χ3n) is 3.68. The summed E-state index contributed by atoms with van der Waals surface area (Å²) < 4.78 is 18.5. The molecule has 0 amide bonds. The predicted molar refractivity (Wildman–Crippen MR) is 83.4 cm³/mol. The molecule has 0 unspecified atom stereocenters. The quantitative estimate of drug-likeness (QED) is 0.650. The first kappa shape index (κ1) is 16.5. The molecule has 2 aromatic rings. The fraction of sp³-hybridized carbons (Fsp3) is 0.500. The molecule has 10 heteroatoms. The van der Waals surface area contributed by atoms with Crippen molar-refractivity contribution in [1.29, 1.82) is 0 Å². The number of aromatic nitrogens is 4. The topological polar surface area (TPSA) is 108 Å². The van der Waals surface area contributed by atoms with Crippen LogP contribution in [0.3, 0.4) is 0 Å². The summed E-state index contributed by atoms with van der Waals surface area (Å²) in [7, 11) is 0. The van der Waals surface area contributed by atoms with Crippen LogP contribution in [0.1, 0.15) is 27.0 Å². The summed E-state index contributed by atoms with van der Waals surface area (Å²) in [6.07, 6.45) is 0.248. The molecule has 0 radical (unpaired) electrons. The van der Waals surface area contributed by atoms with Gasteiger partial charge in [-0.1, -0.05) is 12.2 Å². The van der Waals surface area contributed by atoms with Crippen molar-refractivity contribution in [3.05, 3.63) is 17.3 Å². The van der Waals surface area contributed by atoms with Gasteiger partial charge in [0.25, 0.3) is 0 Å². The third kappa shape index (κ3) is 2.89. The highest BCUT2D eigenvalue weighted by molar-refractivity contribution is 7.71. The maximum absolute atomic E-state index is 11.5. The molecular weight excluding hydrogens is 336 g/mol. The van der Waals surface area contributed by atoms with Crippen LogP contribution in [0, 0.1) is 4.64 Å². The SMILES string of the molecule is CC(=O)O[C@H]1[C@H](OC(C)=O)[C@@H](C)O[C@H]1n1cnc2c(=S)nc[nH]c21. The Hall–Kier alpha value is -2.33. The Morgan fingerprint density at radius 1 is 1.25 bits per heavy atom. The smallest absolute Gasteiger partial charge is 0.303 e. The fourth-order valence-corrected chi connectivity index (χ4v) is 2.97. The van der Waals surface area contributed by atoms with Crippen LogP contribution in [0.5, 0.6) is 0 Å². The number of hydrogen-bond acceptors (Lipinski definition) is 8. The van der Waals surface area contributed by atoms with Crippen LogP contribution in [0.25, 0.3) is 11.2 Å². The largest absolute Gasteiger partial charge is 0.456 e. The molecule has 3 heterocycles. The van der Waals surface area contributed by atoms with E-state index >= 15 is 0 Å². The Morgan fingerprint density at radius 2 is 1.92 bits per heavy atom. The van der Waals surface area contributed by atoms with Gasteiger partial charge in [-0.25, -0.2) is 9.97 Å². The Labute approximate surface area is 141 Å². The van der Waals surface area contributed by atoms with E-state index in [1.807, 2.05) is 0 Å². The van der Waals surface area contributed by atoms with Crippen LogP contribution >= 0.6 is 12.2 Å². The normalized spacial score (nSPS) is 26.5. The van der Waals surface area contributed by atoms with E-state index in [1.165, 1.54) is 26.5 Å². The summed E-state index contributed by atoms with van der Waals surface area (Å²) in [6.45, 7) is 4.32. The summed E-state index contributed by atoms with van der Waals surface area (Å²) in [5, 5.41) is 0. The maximum Gasteiger partial charge on any atom is 0.303 e. The van der Waals surface area contributed by atoms with Crippen LogP contribution in [0.4, 0.5) is 0 Å². The molecule has 1 N–H and O–H groups in total. The number of rotatable bonds is 3. The number of esters is 2. The second-order valence-electron chi connectivity index (χ2n) is 5.44. The van der Waals surface area contributed by atoms with E-state index in [4.69, 9.17) is 26.4 Å². The van der Waals surface area contributed by atoms with Crippen molar-refractivity contribution in [2.75, 3.05) is 0 Å². The molecule has 128 valence electrons. The van der Waals surface area contributed by atoms with E-state index in [1.54, 1.807) is 11.5 Å². The summed E-state index contributed by atoms with van der Waals surface area (Å²) in [4.78, 5) is 34.0. The minimum absolute atomic E-state index is 0.342. The predicted octanol–water partition coefficient (Wildman–Crippen LogP) is 1.27. The molecule has 0 saturated carbocycles. The van der Waals surface area contributed by atoms with Crippen molar-refractivity contribution < 1.29 is 23.8 Å². The van der Waals surface area contributed by atoms with Crippen LogP contribution in [0.15, 0.2) is 12.7 Å². The average molecular weight is 352 g/mol. The minimum Gasteiger partial charge on any atom is -0.456 e. The zero-order chi connectivity index (χ0) is 17.4. The lowest BCUT2D eigenvalue weighted by molar-refractivity contribution is -0.165. The number of hydrogen-bond donors (Lipinski definition) is 1. The number of imidazole rings is 1. The molecule has 0 bridgehead atoms. The first-order chi connectivity index (χ1) is 11.4. The number of aromatic amines is 1. The van der Waals surface area contributed by atoms with Crippen LogP contribution in [-0.4, -0.2) is 49.8 Å². The zero-order valence-electron chi connectivity index (χ0n) is 13.3. The Morgan fingerprint density at radius 3 is 2.58 bits per heavy atom. The van der Waals surface area contributed by atoms with Crippen molar-refractivity contribution in [2.45, 2.75) is 45.3 Å². The van der Waals surface area contributed by atoms with Gasteiger partial charge in [-0.2, -0.15) is 0 Å². The number of fused-ring (bicyclic) bond motifs is 1. The Bertz CT molecular complexity index is 847. The second-order valence-corrected chi connectivity index (χ2v) is 5.82. The first-order valence-corrected chi connectivity index (χ1v) is 7.69. The molecule has 0 aromatic carbocycles. The van der Waals surface area contributed by atoms with E-state index in [9.17, 15) is 9.59 Å². The summed E-state index contributed by atoms with van der Waals surface area (Å²) in [5.41, 5.74) is 1.08. The van der Waals surface area contributed by atoms with Gasteiger partial charge in [-0.3, -0.25) is 14.2 Å². The lowest BCUT2D eigenvalue weighted by Gasteiger charge is -2.23. The van der Waals surface area contributed by atoms with Gasteiger partial charge in [-0.15, -0.1) is 0 Å². The van der Waals surface area contributed by atoms with Crippen molar-refractivity contribution in [3.63, 3.8) is 0 Å². The van der Waals surface area contributed by atoms with Gasteiger partial charge in [0, 0.05) is 13.8 Å². The molecule has 1 aliphatic rings. The Balaban J connectivity index is 2.03. The van der Waals surface area contributed by atoms with E-state index in [0.717, 1.165) is 0 Å². The standard InChI is InChI=1S/C14H16N4O5S/c1-6-10(22-7(2)19)11(23-8(3)20)14(21-6)18-5-17-9-12(18)15-4-16-13(9)24/h4-6,10-11,14H,1-3H3,(H,15,16,24)/t6-,10-,11+,14-/m1/s1. The van der Waals surface area contributed by atoms with Crippen molar-refractivity contribution >= 4 is 35.3 Å². The molecule has 0 aliphatic carbocycles. The van der Waals surface area contributed by atoms with E-state index in [2.05, 4.69) is 15.0 Å². The molecular formula is C14H16N4O5S. The molecule has 2 aromatic heterocycles. The zero-order valence-corrected chi connectivity index (χ0v) is 14.1. The first-order valence-electron chi connectivity index (χ1n) is 7.28. The van der Waals surface area contributed by atoms with Crippen LogP contribution in [0.2, 0.25) is 0 Å². The van der Waals surface area contributed by atoms with Gasteiger partial charge in [0.1, 0.15) is 11.2 Å².